The van der Waals surface area contributed by atoms with Crippen molar-refractivity contribution in [3.63, 3.8) is 0 Å². The number of carbonyl (C=O) groups is 1. The van der Waals surface area contributed by atoms with Gasteiger partial charge >= 0.3 is 0 Å². The highest BCUT2D eigenvalue weighted by atomic mass is 35.5. The lowest BCUT2D eigenvalue weighted by Gasteiger charge is -2.06. The Morgan fingerprint density at radius 2 is 2.11 bits per heavy atom. The van der Waals surface area contributed by atoms with Crippen LogP contribution in [0, 0.1) is 0 Å². The molecule has 6 nitrogen and oxygen atoms in total. The second kappa shape index (κ2) is 7.46. The molecule has 0 aliphatic rings. The van der Waals surface area contributed by atoms with Crippen molar-refractivity contribution in [2.75, 3.05) is 5.32 Å². The van der Waals surface area contributed by atoms with Crippen LogP contribution in [0.1, 0.15) is 16.1 Å². The maximum atomic E-state index is 12.6. The number of aromatic nitrogens is 4. The Bertz CT molecular complexity index is 1120. The third kappa shape index (κ3) is 3.84. The first-order valence-corrected chi connectivity index (χ1v) is 9.61. The van der Waals surface area contributed by atoms with Crippen molar-refractivity contribution in [2.45, 2.75) is 10.9 Å². The van der Waals surface area contributed by atoms with E-state index in [2.05, 4.69) is 20.5 Å². The Kier molecular flexibility index (Phi) is 4.87. The van der Waals surface area contributed by atoms with Crippen molar-refractivity contribution in [1.29, 1.82) is 0 Å². The minimum atomic E-state index is -0.208. The lowest BCUT2D eigenvalue weighted by Crippen LogP contribution is -2.12. The summed E-state index contributed by atoms with van der Waals surface area (Å²) < 4.78 is 1.87. The molecule has 2 aromatic carbocycles. The highest BCUT2D eigenvalue weighted by Gasteiger charge is 2.12. The molecule has 4 rings (SSSR count). The first-order valence-electron chi connectivity index (χ1n) is 8.24. The molecule has 0 fully saturated rings. The van der Waals surface area contributed by atoms with Crippen LogP contribution < -0.4 is 5.32 Å². The Labute approximate surface area is 164 Å². The van der Waals surface area contributed by atoms with Crippen LogP contribution in [0.4, 0.5) is 5.69 Å². The molecule has 8 heteroatoms. The van der Waals surface area contributed by atoms with Gasteiger partial charge in [0.05, 0.1) is 0 Å². The molecule has 0 saturated heterocycles. The van der Waals surface area contributed by atoms with E-state index in [4.69, 9.17) is 11.6 Å². The third-order valence-corrected chi connectivity index (χ3v) is 5.51. The third-order valence-electron chi connectivity index (χ3n) is 4.08. The number of carbonyl (C=O) groups excluding carboxylic acids is 1. The van der Waals surface area contributed by atoms with Gasteiger partial charge in [-0.3, -0.25) is 4.79 Å². The molecule has 0 bridgehead atoms. The molecule has 0 aliphatic heterocycles. The van der Waals surface area contributed by atoms with Crippen molar-refractivity contribution < 1.29 is 4.79 Å². The van der Waals surface area contributed by atoms with Crippen LogP contribution in [0.2, 0.25) is 5.02 Å². The molecule has 0 saturated carbocycles. The van der Waals surface area contributed by atoms with Crippen molar-refractivity contribution in [2.24, 2.45) is 7.05 Å². The Hall–Kier alpha value is -2.77. The molecule has 0 radical (unpaired) electrons. The zero-order chi connectivity index (χ0) is 18.8. The summed E-state index contributed by atoms with van der Waals surface area (Å²) >= 11 is 7.77. The zero-order valence-corrected chi connectivity index (χ0v) is 16.0. The summed E-state index contributed by atoms with van der Waals surface area (Å²) in [5.74, 6) is 0.526. The fourth-order valence-electron chi connectivity index (χ4n) is 2.73. The van der Waals surface area contributed by atoms with Gasteiger partial charge in [-0.2, -0.15) is 0 Å². The molecule has 2 heterocycles. The summed E-state index contributed by atoms with van der Waals surface area (Å²) in [6.07, 6.45) is 1.67. The quantitative estimate of drug-likeness (QED) is 0.486. The predicted octanol–water partition coefficient (Wildman–Crippen LogP) is 4.49. The van der Waals surface area contributed by atoms with Gasteiger partial charge in [-0.1, -0.05) is 41.6 Å². The highest BCUT2D eigenvalue weighted by molar-refractivity contribution is 7.98. The molecule has 136 valence electrons. The van der Waals surface area contributed by atoms with E-state index >= 15 is 0 Å². The molecule has 0 unspecified atom stereocenters. The average Bonchev–Trinajstić information content (AvgIpc) is 3.27. The number of hydrogen-bond donors (Lipinski definition) is 2. The summed E-state index contributed by atoms with van der Waals surface area (Å²) in [6.45, 7) is 0. The van der Waals surface area contributed by atoms with Crippen molar-refractivity contribution in [3.05, 3.63) is 71.1 Å². The molecule has 1 amide bonds. The Morgan fingerprint density at radius 1 is 1.26 bits per heavy atom. The van der Waals surface area contributed by atoms with Gasteiger partial charge in [-0.15, -0.1) is 10.2 Å². The maximum Gasteiger partial charge on any atom is 0.272 e. The molecule has 2 N–H and O–H groups in total. The first kappa shape index (κ1) is 17.6. The Balaban J connectivity index is 1.47. The van der Waals surface area contributed by atoms with Gasteiger partial charge in [0.25, 0.3) is 5.91 Å². The second-order valence-corrected chi connectivity index (χ2v) is 7.40. The van der Waals surface area contributed by atoms with Gasteiger partial charge in [0.15, 0.2) is 5.16 Å². The molecule has 0 atom stereocenters. The first-order chi connectivity index (χ1) is 13.1. The van der Waals surface area contributed by atoms with E-state index < -0.39 is 0 Å². The lowest BCUT2D eigenvalue weighted by atomic mass is 10.2. The fraction of sp³-hybridized carbons (Fsp3) is 0.105. The van der Waals surface area contributed by atoms with Gasteiger partial charge in [0, 0.05) is 34.4 Å². The van der Waals surface area contributed by atoms with Crippen LogP contribution in [-0.4, -0.2) is 25.7 Å². The number of nitrogens with zero attached hydrogens (tertiary/aromatic N) is 3. The van der Waals surface area contributed by atoms with E-state index in [-0.39, 0.29) is 5.91 Å². The SMILES string of the molecule is Cn1cnnc1SCc1cccc(NC(=O)c2cc3c(Cl)cccc3[nH]2)c1. The smallest absolute Gasteiger partial charge is 0.272 e. The van der Waals surface area contributed by atoms with Crippen LogP contribution in [0.15, 0.2) is 60.0 Å². The number of aryl methyl sites for hydroxylation is 1. The lowest BCUT2D eigenvalue weighted by molar-refractivity contribution is 0.102. The number of rotatable bonds is 5. The monoisotopic (exact) mass is 397 g/mol. The number of aromatic amines is 1. The van der Waals surface area contributed by atoms with Crippen LogP contribution in [0.5, 0.6) is 0 Å². The molecular formula is C19H16ClN5OS. The van der Waals surface area contributed by atoms with Gasteiger partial charge in [-0.05, 0) is 35.9 Å². The summed E-state index contributed by atoms with van der Waals surface area (Å²) in [5.41, 5.74) is 3.12. The van der Waals surface area contributed by atoms with Crippen LogP contribution >= 0.6 is 23.4 Å². The van der Waals surface area contributed by atoms with E-state index in [0.29, 0.717) is 10.7 Å². The van der Waals surface area contributed by atoms with E-state index in [1.54, 1.807) is 30.2 Å². The number of hydrogen-bond acceptors (Lipinski definition) is 4. The van der Waals surface area contributed by atoms with E-state index in [9.17, 15) is 4.79 Å². The molecular weight excluding hydrogens is 382 g/mol. The van der Waals surface area contributed by atoms with Crippen molar-refractivity contribution in [1.82, 2.24) is 19.7 Å². The minimum absolute atomic E-state index is 0.208. The second-order valence-electron chi connectivity index (χ2n) is 6.05. The zero-order valence-electron chi connectivity index (χ0n) is 14.4. The number of fused-ring (bicyclic) bond motifs is 1. The summed E-state index contributed by atoms with van der Waals surface area (Å²) in [5, 5.41) is 13.2. The molecule has 27 heavy (non-hydrogen) atoms. The van der Waals surface area contributed by atoms with Crippen LogP contribution in [0.3, 0.4) is 0 Å². The van der Waals surface area contributed by atoms with Gasteiger partial charge in [0.2, 0.25) is 0 Å². The average molecular weight is 398 g/mol. The molecule has 4 aromatic rings. The number of anilines is 1. The summed E-state index contributed by atoms with van der Waals surface area (Å²) in [4.78, 5) is 15.7. The van der Waals surface area contributed by atoms with Crippen molar-refractivity contribution in [3.8, 4) is 0 Å². The molecule has 0 spiro atoms. The highest BCUT2D eigenvalue weighted by Crippen LogP contribution is 2.25. The minimum Gasteiger partial charge on any atom is -0.350 e. The Morgan fingerprint density at radius 3 is 2.89 bits per heavy atom. The fourth-order valence-corrected chi connectivity index (χ4v) is 3.79. The van der Waals surface area contributed by atoms with Crippen LogP contribution in [-0.2, 0) is 12.8 Å². The number of amides is 1. The molecule has 2 aromatic heterocycles. The molecule has 0 aliphatic carbocycles. The number of benzene rings is 2. The summed E-state index contributed by atoms with van der Waals surface area (Å²) in [7, 11) is 1.91. The largest absolute Gasteiger partial charge is 0.350 e. The van der Waals surface area contributed by atoms with Gasteiger partial charge < -0.3 is 14.9 Å². The standard InChI is InChI=1S/C19H16ClN5OS/c1-25-11-21-24-19(25)27-10-12-4-2-5-13(8-12)22-18(26)17-9-14-15(20)6-3-7-16(14)23-17/h2-9,11,23H,10H2,1H3,(H,22,26). The van der Waals surface area contributed by atoms with Gasteiger partial charge in [-0.25, -0.2) is 0 Å². The van der Waals surface area contributed by atoms with Gasteiger partial charge in [0.1, 0.15) is 12.0 Å². The number of H-pyrrole nitrogens is 1. The number of thioether (sulfide) groups is 1. The van der Waals surface area contributed by atoms with Crippen LogP contribution in [0.25, 0.3) is 10.9 Å². The topological polar surface area (TPSA) is 75.6 Å². The predicted molar refractivity (Wildman–Crippen MR) is 108 cm³/mol. The summed E-state index contributed by atoms with van der Waals surface area (Å²) in [6, 6.07) is 15.1. The van der Waals surface area contributed by atoms with Crippen molar-refractivity contribution >= 4 is 45.9 Å². The maximum absolute atomic E-state index is 12.6. The van der Waals surface area contributed by atoms with E-state index in [1.807, 2.05) is 48.0 Å². The number of nitrogens with one attached hydrogen (secondary N) is 2. The normalized spacial score (nSPS) is 11.0. The number of halogens is 1. The van der Waals surface area contributed by atoms with E-state index in [0.717, 1.165) is 33.1 Å². The van der Waals surface area contributed by atoms with E-state index in [1.165, 1.54) is 0 Å².